The molecule has 3 nitrogen and oxygen atoms in total. The van der Waals surface area contributed by atoms with Crippen molar-refractivity contribution in [2.75, 3.05) is 17.6 Å². The summed E-state index contributed by atoms with van der Waals surface area (Å²) in [5, 5.41) is 0. The molecule has 0 aliphatic carbocycles. The van der Waals surface area contributed by atoms with Crippen LogP contribution in [0, 0.1) is 5.82 Å². The summed E-state index contributed by atoms with van der Waals surface area (Å²) in [7, 11) is 0. The van der Waals surface area contributed by atoms with Crippen molar-refractivity contribution >= 4 is 28.6 Å². The third-order valence-corrected chi connectivity index (χ3v) is 3.46. The standard InChI is InChI=1S/C15H20FIO3/c1-2-19-15(18)6-4-10-20-13-7-8-14(16)12(11-13)5-3-9-17/h7-8,11H,2-6,9-10H2,1H3. The quantitative estimate of drug-likeness (QED) is 0.276. The van der Waals surface area contributed by atoms with Gasteiger partial charge in [-0.3, -0.25) is 4.79 Å². The van der Waals surface area contributed by atoms with Gasteiger partial charge in [0.25, 0.3) is 0 Å². The molecule has 0 saturated heterocycles. The summed E-state index contributed by atoms with van der Waals surface area (Å²) in [6, 6.07) is 4.79. The highest BCUT2D eigenvalue weighted by atomic mass is 127. The molecule has 20 heavy (non-hydrogen) atoms. The van der Waals surface area contributed by atoms with Crippen LogP contribution in [-0.2, 0) is 16.0 Å². The van der Waals surface area contributed by atoms with Gasteiger partial charge in [0, 0.05) is 6.42 Å². The molecule has 0 aromatic heterocycles. The summed E-state index contributed by atoms with van der Waals surface area (Å²) in [6.45, 7) is 2.61. The maximum Gasteiger partial charge on any atom is 0.305 e. The Morgan fingerprint density at radius 2 is 2.15 bits per heavy atom. The number of rotatable bonds is 9. The van der Waals surface area contributed by atoms with E-state index < -0.39 is 0 Å². The molecular formula is C15H20FIO3. The van der Waals surface area contributed by atoms with Crippen LogP contribution in [0.3, 0.4) is 0 Å². The van der Waals surface area contributed by atoms with Gasteiger partial charge in [-0.15, -0.1) is 0 Å². The fourth-order valence-electron chi connectivity index (χ4n) is 1.73. The van der Waals surface area contributed by atoms with Crippen LogP contribution in [-0.4, -0.2) is 23.6 Å². The highest BCUT2D eigenvalue weighted by Crippen LogP contribution is 2.19. The predicted molar refractivity (Wildman–Crippen MR) is 85.0 cm³/mol. The van der Waals surface area contributed by atoms with Crippen LogP contribution in [0.5, 0.6) is 5.75 Å². The first-order chi connectivity index (χ1) is 9.67. The summed E-state index contributed by atoms with van der Waals surface area (Å²) in [4.78, 5) is 11.1. The van der Waals surface area contributed by atoms with E-state index in [0.29, 0.717) is 37.4 Å². The molecular weight excluding hydrogens is 374 g/mol. The molecule has 0 aliphatic rings. The van der Waals surface area contributed by atoms with Crippen LogP contribution < -0.4 is 4.74 Å². The van der Waals surface area contributed by atoms with E-state index >= 15 is 0 Å². The van der Waals surface area contributed by atoms with Gasteiger partial charge in [0.2, 0.25) is 0 Å². The van der Waals surface area contributed by atoms with E-state index in [-0.39, 0.29) is 11.8 Å². The van der Waals surface area contributed by atoms with Crippen molar-refractivity contribution in [3.63, 3.8) is 0 Å². The second-order valence-electron chi connectivity index (χ2n) is 4.30. The summed E-state index contributed by atoms with van der Waals surface area (Å²) < 4.78 is 24.9. The van der Waals surface area contributed by atoms with Crippen molar-refractivity contribution in [2.45, 2.75) is 32.6 Å². The van der Waals surface area contributed by atoms with Crippen molar-refractivity contribution in [3.05, 3.63) is 29.6 Å². The van der Waals surface area contributed by atoms with Gasteiger partial charge < -0.3 is 9.47 Å². The zero-order valence-electron chi connectivity index (χ0n) is 11.7. The predicted octanol–water partition coefficient (Wildman–Crippen LogP) is 3.92. The first-order valence-electron chi connectivity index (χ1n) is 6.80. The molecule has 112 valence electrons. The Hall–Kier alpha value is -0.850. The number of carbonyl (C=O) groups is 1. The fraction of sp³-hybridized carbons (Fsp3) is 0.533. The van der Waals surface area contributed by atoms with Gasteiger partial charge in [0.05, 0.1) is 13.2 Å². The lowest BCUT2D eigenvalue weighted by molar-refractivity contribution is -0.143. The number of hydrogen-bond donors (Lipinski definition) is 0. The number of halogens is 2. The average Bonchev–Trinajstić information content (AvgIpc) is 2.44. The van der Waals surface area contributed by atoms with Gasteiger partial charge >= 0.3 is 5.97 Å². The monoisotopic (exact) mass is 394 g/mol. The van der Waals surface area contributed by atoms with Crippen LogP contribution in [0.15, 0.2) is 18.2 Å². The van der Waals surface area contributed by atoms with E-state index in [2.05, 4.69) is 22.6 Å². The van der Waals surface area contributed by atoms with Crippen LogP contribution >= 0.6 is 22.6 Å². The topological polar surface area (TPSA) is 35.5 Å². The number of aryl methyl sites for hydroxylation is 1. The Kier molecular flexibility index (Phi) is 8.57. The Balaban J connectivity index is 2.38. The van der Waals surface area contributed by atoms with E-state index in [1.165, 1.54) is 6.07 Å². The fourth-order valence-corrected chi connectivity index (χ4v) is 2.11. The summed E-state index contributed by atoms with van der Waals surface area (Å²) >= 11 is 2.28. The van der Waals surface area contributed by atoms with Crippen molar-refractivity contribution in [1.82, 2.24) is 0 Å². The number of hydrogen-bond acceptors (Lipinski definition) is 3. The minimum Gasteiger partial charge on any atom is -0.494 e. The third-order valence-electron chi connectivity index (χ3n) is 2.70. The van der Waals surface area contributed by atoms with Crippen LogP contribution in [0.2, 0.25) is 0 Å². The SMILES string of the molecule is CCOC(=O)CCCOc1ccc(F)c(CCCI)c1. The highest BCUT2D eigenvalue weighted by Gasteiger charge is 2.05. The largest absolute Gasteiger partial charge is 0.494 e. The molecule has 0 bridgehead atoms. The number of ether oxygens (including phenoxy) is 2. The number of benzene rings is 1. The second kappa shape index (κ2) is 9.96. The minimum atomic E-state index is -0.210. The highest BCUT2D eigenvalue weighted by molar-refractivity contribution is 14.1. The molecule has 5 heteroatoms. The Bertz CT molecular complexity index is 424. The lowest BCUT2D eigenvalue weighted by Crippen LogP contribution is -2.07. The van der Waals surface area contributed by atoms with Crippen LogP contribution in [0.25, 0.3) is 0 Å². The summed E-state index contributed by atoms with van der Waals surface area (Å²) in [5.74, 6) is 0.255. The Labute approximate surface area is 133 Å². The van der Waals surface area contributed by atoms with E-state index in [9.17, 15) is 9.18 Å². The molecule has 0 saturated carbocycles. The molecule has 0 amide bonds. The first kappa shape index (κ1) is 17.2. The molecule has 1 aromatic carbocycles. The smallest absolute Gasteiger partial charge is 0.305 e. The average molecular weight is 394 g/mol. The third kappa shape index (κ3) is 6.54. The molecule has 0 atom stereocenters. The molecule has 0 aliphatic heterocycles. The Morgan fingerprint density at radius 1 is 1.35 bits per heavy atom. The number of carbonyl (C=O) groups excluding carboxylic acids is 1. The molecule has 1 rings (SSSR count). The summed E-state index contributed by atoms with van der Waals surface area (Å²) in [5.41, 5.74) is 0.685. The van der Waals surface area contributed by atoms with Gasteiger partial charge in [0.1, 0.15) is 11.6 Å². The molecule has 0 spiro atoms. The van der Waals surface area contributed by atoms with Crippen molar-refractivity contribution in [3.8, 4) is 5.75 Å². The molecule has 0 N–H and O–H groups in total. The van der Waals surface area contributed by atoms with E-state index in [1.807, 2.05) is 0 Å². The number of esters is 1. The van der Waals surface area contributed by atoms with E-state index in [0.717, 1.165) is 17.3 Å². The van der Waals surface area contributed by atoms with Gasteiger partial charge in [-0.2, -0.15) is 0 Å². The zero-order chi connectivity index (χ0) is 14.8. The van der Waals surface area contributed by atoms with E-state index in [1.54, 1.807) is 19.1 Å². The Morgan fingerprint density at radius 3 is 2.85 bits per heavy atom. The van der Waals surface area contributed by atoms with E-state index in [4.69, 9.17) is 9.47 Å². The number of alkyl halides is 1. The van der Waals surface area contributed by atoms with Crippen LogP contribution in [0.4, 0.5) is 4.39 Å². The molecule has 0 fully saturated rings. The van der Waals surface area contributed by atoms with Gasteiger partial charge in [0.15, 0.2) is 0 Å². The van der Waals surface area contributed by atoms with Crippen molar-refractivity contribution in [1.29, 1.82) is 0 Å². The van der Waals surface area contributed by atoms with Gasteiger partial charge in [-0.25, -0.2) is 4.39 Å². The van der Waals surface area contributed by atoms with Crippen molar-refractivity contribution in [2.24, 2.45) is 0 Å². The molecule has 0 radical (unpaired) electrons. The summed E-state index contributed by atoms with van der Waals surface area (Å²) in [6.07, 6.45) is 2.61. The maximum atomic E-state index is 13.6. The lowest BCUT2D eigenvalue weighted by atomic mass is 10.1. The molecule has 0 unspecified atom stereocenters. The second-order valence-corrected chi connectivity index (χ2v) is 5.38. The van der Waals surface area contributed by atoms with Gasteiger partial charge in [-0.1, -0.05) is 22.6 Å². The molecule has 0 heterocycles. The minimum absolute atomic E-state index is 0.186. The van der Waals surface area contributed by atoms with Crippen LogP contribution in [0.1, 0.15) is 31.7 Å². The molecule has 1 aromatic rings. The normalized spacial score (nSPS) is 10.3. The first-order valence-corrected chi connectivity index (χ1v) is 8.32. The van der Waals surface area contributed by atoms with Gasteiger partial charge in [-0.05, 0) is 54.4 Å². The zero-order valence-corrected chi connectivity index (χ0v) is 13.8. The van der Waals surface area contributed by atoms with Crippen molar-refractivity contribution < 1.29 is 18.7 Å². The maximum absolute atomic E-state index is 13.6. The lowest BCUT2D eigenvalue weighted by Gasteiger charge is -2.09.